The molecule has 0 bridgehead atoms. The molecule has 0 spiro atoms. The maximum absolute atomic E-state index is 12.2. The van der Waals surface area contributed by atoms with Crippen LogP contribution in [0.15, 0.2) is 40.9 Å². The lowest BCUT2D eigenvalue weighted by atomic mass is 10.1. The minimum atomic E-state index is -0.523. The number of hydrogen-bond acceptors (Lipinski definition) is 4. The quantitative estimate of drug-likeness (QED) is 0.487. The molecule has 0 radical (unpaired) electrons. The Kier molecular flexibility index (Phi) is 4.44. The molecule has 1 amide bonds. The number of halogens is 2. The Hall–Kier alpha value is -2.12. The lowest BCUT2D eigenvalue weighted by molar-refractivity contribution is -0.384. The second-order valence-corrected chi connectivity index (χ2v) is 5.40. The van der Waals surface area contributed by atoms with Crippen molar-refractivity contribution in [1.82, 2.24) is 0 Å². The van der Waals surface area contributed by atoms with Crippen LogP contribution in [0.5, 0.6) is 0 Å². The number of rotatable bonds is 3. The molecule has 0 saturated carbocycles. The van der Waals surface area contributed by atoms with Gasteiger partial charge in [-0.25, -0.2) is 0 Å². The van der Waals surface area contributed by atoms with Crippen molar-refractivity contribution in [3.8, 4) is 0 Å². The monoisotopic (exact) mass is 369 g/mol. The van der Waals surface area contributed by atoms with Crippen molar-refractivity contribution in [2.45, 2.75) is 0 Å². The molecular weight excluding hydrogens is 362 g/mol. The van der Waals surface area contributed by atoms with Crippen LogP contribution < -0.4 is 11.1 Å². The zero-order valence-electron chi connectivity index (χ0n) is 10.5. The predicted octanol–water partition coefficient (Wildman–Crippen LogP) is 3.85. The molecule has 0 atom stereocenters. The summed E-state index contributed by atoms with van der Waals surface area (Å²) in [6, 6.07) is 8.59. The second-order valence-electron chi connectivity index (χ2n) is 4.11. The van der Waals surface area contributed by atoms with Crippen molar-refractivity contribution in [3.63, 3.8) is 0 Å². The zero-order valence-corrected chi connectivity index (χ0v) is 12.8. The summed E-state index contributed by atoms with van der Waals surface area (Å²) in [5, 5.41) is 13.7. The topological polar surface area (TPSA) is 98.3 Å². The number of nitrogens with zero attached hydrogens (tertiary/aromatic N) is 1. The average Bonchev–Trinajstić information content (AvgIpc) is 2.43. The fourth-order valence-electron chi connectivity index (χ4n) is 1.63. The van der Waals surface area contributed by atoms with Crippen LogP contribution in [-0.2, 0) is 0 Å². The Balaban J connectivity index is 2.27. The van der Waals surface area contributed by atoms with Crippen LogP contribution in [0.2, 0.25) is 5.02 Å². The number of carbonyl (C=O) groups is 1. The maximum Gasteiger partial charge on any atom is 0.270 e. The number of nitrogens with one attached hydrogen (secondary N) is 1. The number of nitrogens with two attached hydrogens (primary N) is 1. The van der Waals surface area contributed by atoms with E-state index in [1.54, 1.807) is 6.07 Å². The highest BCUT2D eigenvalue weighted by molar-refractivity contribution is 9.10. The number of anilines is 2. The fraction of sp³-hybridized carbons (Fsp3) is 0. The minimum Gasteiger partial charge on any atom is -0.398 e. The summed E-state index contributed by atoms with van der Waals surface area (Å²) in [5.41, 5.74) is 6.55. The van der Waals surface area contributed by atoms with E-state index in [0.29, 0.717) is 15.2 Å². The molecular formula is C13H9BrClN3O3. The number of nitro benzene ring substituents is 1. The highest BCUT2D eigenvalue weighted by Gasteiger charge is 2.14. The molecule has 0 unspecified atom stereocenters. The van der Waals surface area contributed by atoms with Crippen molar-refractivity contribution in [3.05, 3.63) is 61.6 Å². The van der Waals surface area contributed by atoms with Gasteiger partial charge in [-0.3, -0.25) is 14.9 Å². The number of carbonyl (C=O) groups excluding carboxylic acids is 1. The van der Waals surface area contributed by atoms with E-state index in [1.165, 1.54) is 30.3 Å². The van der Waals surface area contributed by atoms with Crippen LogP contribution in [0.25, 0.3) is 0 Å². The van der Waals surface area contributed by atoms with Crippen LogP contribution in [0, 0.1) is 10.1 Å². The summed E-state index contributed by atoms with van der Waals surface area (Å²) < 4.78 is 0.394. The summed E-state index contributed by atoms with van der Waals surface area (Å²) in [7, 11) is 0. The molecule has 0 aromatic heterocycles. The standard InChI is InChI=1S/C13H9BrClN3O3/c14-10-6-8(18(20)21)2-4-12(10)17-13(19)9-5-7(15)1-3-11(9)16/h1-6H,16H2,(H,17,19). The van der Waals surface area contributed by atoms with Crippen LogP contribution in [0.3, 0.4) is 0 Å². The van der Waals surface area contributed by atoms with Gasteiger partial charge in [-0.2, -0.15) is 0 Å². The van der Waals surface area contributed by atoms with E-state index in [0.717, 1.165) is 0 Å². The SMILES string of the molecule is Nc1ccc(Cl)cc1C(=O)Nc1ccc([N+](=O)[O-])cc1Br. The molecule has 2 aromatic rings. The van der Waals surface area contributed by atoms with Gasteiger partial charge in [-0.1, -0.05) is 11.6 Å². The van der Waals surface area contributed by atoms with E-state index < -0.39 is 10.8 Å². The lowest BCUT2D eigenvalue weighted by Crippen LogP contribution is -2.14. The number of amides is 1. The summed E-state index contributed by atoms with van der Waals surface area (Å²) in [6.07, 6.45) is 0. The Bertz CT molecular complexity index is 737. The molecule has 8 heteroatoms. The van der Waals surface area contributed by atoms with Crippen LogP contribution in [0.1, 0.15) is 10.4 Å². The van der Waals surface area contributed by atoms with E-state index in [1.807, 2.05) is 0 Å². The summed E-state index contributed by atoms with van der Waals surface area (Å²) in [5.74, 6) is -0.454. The van der Waals surface area contributed by atoms with E-state index in [9.17, 15) is 14.9 Å². The van der Waals surface area contributed by atoms with Crippen molar-refractivity contribution in [2.75, 3.05) is 11.1 Å². The Morgan fingerprint density at radius 2 is 2.00 bits per heavy atom. The Morgan fingerprint density at radius 3 is 2.62 bits per heavy atom. The first-order valence-corrected chi connectivity index (χ1v) is 6.86. The molecule has 0 heterocycles. The molecule has 3 N–H and O–H groups in total. The first kappa shape index (κ1) is 15.3. The van der Waals surface area contributed by atoms with Gasteiger partial charge in [0.05, 0.1) is 16.2 Å². The summed E-state index contributed by atoms with van der Waals surface area (Å²) in [6.45, 7) is 0. The number of nitro groups is 1. The molecule has 2 rings (SSSR count). The third kappa shape index (κ3) is 3.50. The van der Waals surface area contributed by atoms with Gasteiger partial charge in [0.15, 0.2) is 0 Å². The average molecular weight is 371 g/mol. The van der Waals surface area contributed by atoms with Gasteiger partial charge < -0.3 is 11.1 Å². The van der Waals surface area contributed by atoms with Gasteiger partial charge in [0, 0.05) is 27.3 Å². The molecule has 0 aliphatic rings. The molecule has 108 valence electrons. The van der Waals surface area contributed by atoms with E-state index in [-0.39, 0.29) is 16.9 Å². The third-order valence-corrected chi connectivity index (χ3v) is 3.56. The highest BCUT2D eigenvalue weighted by Crippen LogP contribution is 2.28. The predicted molar refractivity (Wildman–Crippen MR) is 84.6 cm³/mol. The number of nitrogen functional groups attached to an aromatic ring is 1. The fourth-order valence-corrected chi connectivity index (χ4v) is 2.27. The largest absolute Gasteiger partial charge is 0.398 e. The van der Waals surface area contributed by atoms with E-state index in [4.69, 9.17) is 17.3 Å². The van der Waals surface area contributed by atoms with Gasteiger partial charge >= 0.3 is 0 Å². The first-order chi connectivity index (χ1) is 9.88. The van der Waals surface area contributed by atoms with E-state index >= 15 is 0 Å². The normalized spacial score (nSPS) is 10.2. The number of hydrogen-bond donors (Lipinski definition) is 2. The minimum absolute atomic E-state index is 0.0813. The number of benzene rings is 2. The van der Waals surface area contributed by atoms with Crippen molar-refractivity contribution in [1.29, 1.82) is 0 Å². The van der Waals surface area contributed by atoms with Crippen molar-refractivity contribution >= 4 is 50.5 Å². The maximum atomic E-state index is 12.2. The van der Waals surface area contributed by atoms with Gasteiger partial charge in [0.1, 0.15) is 0 Å². The third-order valence-electron chi connectivity index (χ3n) is 2.67. The lowest BCUT2D eigenvalue weighted by Gasteiger charge is -2.09. The first-order valence-electron chi connectivity index (χ1n) is 5.69. The summed E-state index contributed by atoms with van der Waals surface area (Å²) >= 11 is 9.00. The Morgan fingerprint density at radius 1 is 1.29 bits per heavy atom. The second kappa shape index (κ2) is 6.11. The molecule has 21 heavy (non-hydrogen) atoms. The van der Waals surface area contributed by atoms with Crippen LogP contribution in [-0.4, -0.2) is 10.8 Å². The van der Waals surface area contributed by atoms with Crippen molar-refractivity contribution in [2.24, 2.45) is 0 Å². The van der Waals surface area contributed by atoms with Gasteiger partial charge in [0.25, 0.3) is 11.6 Å². The van der Waals surface area contributed by atoms with Crippen LogP contribution >= 0.6 is 27.5 Å². The van der Waals surface area contributed by atoms with Gasteiger partial charge in [-0.05, 0) is 40.2 Å². The molecule has 0 aliphatic carbocycles. The Labute approximate surface area is 133 Å². The van der Waals surface area contributed by atoms with Crippen molar-refractivity contribution < 1.29 is 9.72 Å². The molecule has 0 saturated heterocycles. The molecule has 6 nitrogen and oxygen atoms in total. The molecule has 2 aromatic carbocycles. The molecule has 0 fully saturated rings. The zero-order chi connectivity index (χ0) is 15.6. The van der Waals surface area contributed by atoms with E-state index in [2.05, 4.69) is 21.2 Å². The van der Waals surface area contributed by atoms with Crippen LogP contribution in [0.4, 0.5) is 17.1 Å². The summed E-state index contributed by atoms with van der Waals surface area (Å²) in [4.78, 5) is 22.3. The van der Waals surface area contributed by atoms with Gasteiger partial charge in [-0.15, -0.1) is 0 Å². The van der Waals surface area contributed by atoms with Gasteiger partial charge in [0.2, 0.25) is 0 Å². The highest BCUT2D eigenvalue weighted by atomic mass is 79.9. The number of non-ortho nitro benzene ring substituents is 1. The molecule has 0 aliphatic heterocycles. The smallest absolute Gasteiger partial charge is 0.270 e.